The van der Waals surface area contributed by atoms with Gasteiger partial charge in [-0.1, -0.05) is 38.4 Å². The highest BCUT2D eigenvalue weighted by Crippen LogP contribution is 2.47. The van der Waals surface area contributed by atoms with Crippen molar-refractivity contribution in [1.82, 2.24) is 4.90 Å². The molecule has 1 aliphatic heterocycles. The van der Waals surface area contributed by atoms with E-state index in [1.807, 2.05) is 0 Å². The predicted octanol–water partition coefficient (Wildman–Crippen LogP) is 2.01. The largest absolute Gasteiger partial charge is 0.391 e. The van der Waals surface area contributed by atoms with Crippen LogP contribution in [-0.2, 0) is 9.59 Å². The van der Waals surface area contributed by atoms with Crippen LogP contribution in [0.2, 0.25) is 0 Å². The first kappa shape index (κ1) is 14.0. The molecule has 2 atom stereocenters. The molecule has 0 aromatic rings. The molecular formula is C15H22N2O2S. The summed E-state index contributed by atoms with van der Waals surface area (Å²) in [7, 11) is 0. The van der Waals surface area contributed by atoms with Gasteiger partial charge >= 0.3 is 0 Å². The summed E-state index contributed by atoms with van der Waals surface area (Å²) < 4.78 is 0. The van der Waals surface area contributed by atoms with Crippen molar-refractivity contribution in [2.45, 2.75) is 57.4 Å². The molecular weight excluding hydrogens is 272 g/mol. The molecule has 4 nitrogen and oxygen atoms in total. The van der Waals surface area contributed by atoms with Crippen molar-refractivity contribution in [1.29, 1.82) is 0 Å². The van der Waals surface area contributed by atoms with Gasteiger partial charge in [0.2, 0.25) is 11.8 Å². The number of amides is 2. The maximum absolute atomic E-state index is 12.7. The lowest BCUT2D eigenvalue weighted by Gasteiger charge is -2.43. The third kappa shape index (κ3) is 1.82. The van der Waals surface area contributed by atoms with E-state index in [-0.39, 0.29) is 23.7 Å². The van der Waals surface area contributed by atoms with Gasteiger partial charge in [-0.05, 0) is 31.6 Å². The first-order valence-corrected chi connectivity index (χ1v) is 8.06. The first-order chi connectivity index (χ1) is 9.47. The zero-order chi connectivity index (χ0) is 14.5. The highest BCUT2D eigenvalue weighted by molar-refractivity contribution is 7.80. The molecule has 1 saturated heterocycles. The van der Waals surface area contributed by atoms with Crippen LogP contribution in [0.4, 0.5) is 0 Å². The minimum absolute atomic E-state index is 0.0148. The van der Waals surface area contributed by atoms with Crippen LogP contribution in [0, 0.1) is 17.8 Å². The molecule has 0 aromatic heterocycles. The van der Waals surface area contributed by atoms with Crippen LogP contribution in [0.15, 0.2) is 0 Å². The fourth-order valence-electron chi connectivity index (χ4n) is 4.42. The van der Waals surface area contributed by atoms with Crippen molar-refractivity contribution >= 4 is 29.0 Å². The van der Waals surface area contributed by atoms with Crippen LogP contribution in [0.25, 0.3) is 0 Å². The van der Waals surface area contributed by atoms with Crippen LogP contribution in [0.3, 0.4) is 0 Å². The van der Waals surface area contributed by atoms with Gasteiger partial charge in [-0.25, -0.2) is 0 Å². The van der Waals surface area contributed by atoms with Gasteiger partial charge in [0.05, 0.1) is 16.8 Å². The van der Waals surface area contributed by atoms with Gasteiger partial charge < -0.3 is 5.73 Å². The number of hydrogen-bond acceptors (Lipinski definition) is 3. The summed E-state index contributed by atoms with van der Waals surface area (Å²) in [4.78, 5) is 27.3. The van der Waals surface area contributed by atoms with Crippen molar-refractivity contribution in [3.05, 3.63) is 0 Å². The number of hydrogen-bond donors (Lipinski definition) is 1. The Bertz CT molecular complexity index is 446. The lowest BCUT2D eigenvalue weighted by molar-refractivity contribution is -0.146. The normalized spacial score (nSPS) is 36.2. The third-order valence-corrected chi connectivity index (χ3v) is 5.82. The van der Waals surface area contributed by atoms with Gasteiger partial charge in [0.25, 0.3) is 0 Å². The van der Waals surface area contributed by atoms with Crippen molar-refractivity contribution in [3.8, 4) is 0 Å². The summed E-state index contributed by atoms with van der Waals surface area (Å²) in [6, 6.07) is 0. The topological polar surface area (TPSA) is 63.4 Å². The number of thiocarbonyl (C=S) groups is 1. The molecule has 2 N–H and O–H groups in total. The molecule has 2 amide bonds. The molecule has 2 aliphatic carbocycles. The van der Waals surface area contributed by atoms with Crippen LogP contribution in [-0.4, -0.2) is 27.2 Å². The molecule has 2 unspecified atom stereocenters. The van der Waals surface area contributed by atoms with Gasteiger partial charge in [-0.2, -0.15) is 0 Å². The minimum atomic E-state index is -0.671. The molecule has 0 aromatic carbocycles. The Morgan fingerprint density at radius 1 is 1.15 bits per heavy atom. The lowest BCUT2D eigenvalue weighted by Crippen LogP contribution is -2.60. The highest BCUT2D eigenvalue weighted by atomic mass is 32.1. The summed E-state index contributed by atoms with van der Waals surface area (Å²) in [6.45, 7) is 2.12. The number of likely N-dealkylation sites (tertiary alicyclic amines) is 1. The number of rotatable bonds is 2. The smallest absolute Gasteiger partial charge is 0.233 e. The molecule has 0 bridgehead atoms. The maximum atomic E-state index is 12.7. The predicted molar refractivity (Wildman–Crippen MR) is 79.8 cm³/mol. The van der Waals surface area contributed by atoms with Gasteiger partial charge in [-0.15, -0.1) is 0 Å². The number of nitrogens with two attached hydrogens (primary N) is 1. The molecule has 3 rings (SSSR count). The monoisotopic (exact) mass is 294 g/mol. The van der Waals surface area contributed by atoms with E-state index < -0.39 is 5.54 Å². The van der Waals surface area contributed by atoms with Crippen LogP contribution >= 0.6 is 12.2 Å². The Morgan fingerprint density at radius 2 is 1.65 bits per heavy atom. The second-order valence-electron chi connectivity index (χ2n) is 6.76. The second kappa shape index (κ2) is 4.79. The molecule has 3 aliphatic rings. The Balaban J connectivity index is 1.95. The van der Waals surface area contributed by atoms with Crippen molar-refractivity contribution in [2.75, 3.05) is 0 Å². The molecule has 0 radical (unpaired) electrons. The fourth-order valence-corrected chi connectivity index (χ4v) is 4.71. The molecule has 110 valence electrons. The summed E-state index contributed by atoms with van der Waals surface area (Å²) >= 11 is 5.26. The Hall–Kier alpha value is -0.970. The first-order valence-electron chi connectivity index (χ1n) is 7.65. The number of fused-ring (bicyclic) bond motifs is 1. The number of imide groups is 1. The van der Waals surface area contributed by atoms with E-state index in [1.54, 1.807) is 0 Å². The summed E-state index contributed by atoms with van der Waals surface area (Å²) in [5.74, 6) is 0.196. The van der Waals surface area contributed by atoms with Crippen LogP contribution in [0.5, 0.6) is 0 Å². The SMILES string of the molecule is CC1CC2C(=O)N(C3(C(N)=S)CCCCC3)C(=O)C2C1. The number of nitrogens with zero attached hydrogens (tertiary/aromatic N) is 1. The number of carbonyl (C=O) groups excluding carboxylic acids is 2. The van der Waals surface area contributed by atoms with Crippen molar-refractivity contribution in [3.63, 3.8) is 0 Å². The van der Waals surface area contributed by atoms with Gasteiger partial charge in [0.1, 0.15) is 5.54 Å². The van der Waals surface area contributed by atoms with Gasteiger partial charge in [-0.3, -0.25) is 14.5 Å². The van der Waals surface area contributed by atoms with E-state index in [4.69, 9.17) is 18.0 Å². The van der Waals surface area contributed by atoms with Crippen molar-refractivity contribution in [2.24, 2.45) is 23.5 Å². The fraction of sp³-hybridized carbons (Fsp3) is 0.800. The standard InChI is InChI=1S/C15H22N2O2S/c1-9-7-10-11(8-9)13(19)17(12(10)18)15(14(16)20)5-3-2-4-6-15/h9-11H,2-8H2,1H3,(H2,16,20). The molecule has 1 heterocycles. The summed E-state index contributed by atoms with van der Waals surface area (Å²) in [5.41, 5.74) is 5.30. The van der Waals surface area contributed by atoms with E-state index in [0.29, 0.717) is 10.9 Å². The lowest BCUT2D eigenvalue weighted by atomic mass is 9.80. The Morgan fingerprint density at radius 3 is 2.10 bits per heavy atom. The minimum Gasteiger partial charge on any atom is -0.391 e. The molecule has 0 spiro atoms. The quantitative estimate of drug-likeness (QED) is 0.625. The second-order valence-corrected chi connectivity index (χ2v) is 7.20. The average Bonchev–Trinajstić information content (AvgIpc) is 2.90. The average molecular weight is 294 g/mol. The molecule has 5 heteroatoms. The van der Waals surface area contributed by atoms with Crippen molar-refractivity contribution < 1.29 is 9.59 Å². The van der Waals surface area contributed by atoms with E-state index >= 15 is 0 Å². The third-order valence-electron chi connectivity index (χ3n) is 5.44. The van der Waals surface area contributed by atoms with E-state index in [9.17, 15) is 9.59 Å². The van der Waals surface area contributed by atoms with Gasteiger partial charge in [0, 0.05) is 0 Å². The number of carbonyl (C=O) groups is 2. The Kier molecular flexibility index (Phi) is 3.35. The van der Waals surface area contributed by atoms with Gasteiger partial charge in [0.15, 0.2) is 0 Å². The zero-order valence-electron chi connectivity index (χ0n) is 11.9. The van der Waals surface area contributed by atoms with E-state index in [0.717, 1.165) is 44.9 Å². The molecule has 3 fully saturated rings. The zero-order valence-corrected chi connectivity index (χ0v) is 12.7. The summed E-state index contributed by atoms with van der Waals surface area (Å²) in [5, 5.41) is 0. The van der Waals surface area contributed by atoms with Crippen LogP contribution in [0.1, 0.15) is 51.9 Å². The summed E-state index contributed by atoms with van der Waals surface area (Å²) in [6.07, 6.45) is 6.26. The van der Waals surface area contributed by atoms with Crippen LogP contribution < -0.4 is 5.73 Å². The molecule has 20 heavy (non-hydrogen) atoms. The maximum Gasteiger partial charge on any atom is 0.233 e. The molecule has 2 saturated carbocycles. The Labute approximate surface area is 125 Å². The highest BCUT2D eigenvalue weighted by Gasteiger charge is 2.58. The van der Waals surface area contributed by atoms with E-state index in [1.165, 1.54) is 4.90 Å². The van der Waals surface area contributed by atoms with E-state index in [2.05, 4.69) is 6.92 Å².